The largest absolute Gasteiger partial charge is 0.495 e. The minimum atomic E-state index is -0.377. The van der Waals surface area contributed by atoms with Crippen LogP contribution in [0.2, 0.25) is 5.02 Å². The summed E-state index contributed by atoms with van der Waals surface area (Å²) in [7, 11) is 3.22. The van der Waals surface area contributed by atoms with Crippen molar-refractivity contribution in [3.8, 4) is 5.75 Å². The summed E-state index contributed by atoms with van der Waals surface area (Å²) in [5.74, 6) is 0.0475. The molecule has 6 nitrogen and oxygen atoms in total. The molecule has 1 aliphatic heterocycles. The molecule has 1 heterocycles. The molecule has 1 amide bonds. The number of methoxy groups -OCH3 is 1. The van der Waals surface area contributed by atoms with Gasteiger partial charge in [-0.3, -0.25) is 9.69 Å². The second-order valence-electron chi connectivity index (χ2n) is 6.03. The molecule has 150 valence electrons. The first kappa shape index (κ1) is 21.0. The highest BCUT2D eigenvalue weighted by molar-refractivity contribution is 8.18. The molecule has 1 saturated heterocycles. The summed E-state index contributed by atoms with van der Waals surface area (Å²) in [5, 5.41) is 1.02. The van der Waals surface area contributed by atoms with Crippen LogP contribution in [-0.4, -0.2) is 42.7 Å². The maximum absolute atomic E-state index is 12.6. The monoisotopic (exact) mass is 430 g/mol. The van der Waals surface area contributed by atoms with E-state index in [1.54, 1.807) is 63.6 Å². The summed E-state index contributed by atoms with van der Waals surface area (Å²) in [5.41, 5.74) is 1.88. The van der Waals surface area contributed by atoms with Gasteiger partial charge in [0.25, 0.3) is 5.91 Å². The first-order valence-electron chi connectivity index (χ1n) is 8.80. The van der Waals surface area contributed by atoms with Gasteiger partial charge < -0.3 is 9.47 Å². The van der Waals surface area contributed by atoms with Crippen molar-refractivity contribution in [2.75, 3.05) is 20.8 Å². The van der Waals surface area contributed by atoms with Crippen molar-refractivity contribution in [3.05, 3.63) is 63.5 Å². The third-order valence-corrected chi connectivity index (χ3v) is 5.44. The predicted molar refractivity (Wildman–Crippen MR) is 116 cm³/mol. The summed E-state index contributed by atoms with van der Waals surface area (Å²) >= 11 is 7.43. The molecule has 0 N–H and O–H groups in total. The van der Waals surface area contributed by atoms with Crippen LogP contribution in [0, 0.1) is 0 Å². The van der Waals surface area contributed by atoms with E-state index < -0.39 is 0 Å². The molecule has 2 aromatic rings. The van der Waals surface area contributed by atoms with E-state index in [4.69, 9.17) is 21.1 Å². The third kappa shape index (κ3) is 4.81. The van der Waals surface area contributed by atoms with Crippen molar-refractivity contribution in [2.24, 2.45) is 4.99 Å². The van der Waals surface area contributed by atoms with Crippen LogP contribution < -0.4 is 4.74 Å². The molecule has 0 bridgehead atoms. The highest BCUT2D eigenvalue weighted by Gasteiger charge is 2.30. The van der Waals surface area contributed by atoms with E-state index in [0.717, 1.165) is 5.56 Å². The number of halogens is 1. The van der Waals surface area contributed by atoms with Gasteiger partial charge in [0, 0.05) is 7.05 Å². The summed E-state index contributed by atoms with van der Waals surface area (Å²) in [6.07, 6.45) is 1.77. The number of nitrogens with zero attached hydrogens (tertiary/aromatic N) is 2. The molecule has 0 spiro atoms. The molecule has 1 fully saturated rings. The zero-order valence-corrected chi connectivity index (χ0v) is 17.7. The number of amides is 1. The number of hydrogen-bond donors (Lipinski definition) is 0. The summed E-state index contributed by atoms with van der Waals surface area (Å²) in [6.45, 7) is 2.08. The highest BCUT2D eigenvalue weighted by atomic mass is 35.5. The molecule has 2 aromatic carbocycles. The van der Waals surface area contributed by atoms with Gasteiger partial charge in [-0.1, -0.05) is 17.7 Å². The van der Waals surface area contributed by atoms with Crippen LogP contribution in [-0.2, 0) is 9.53 Å². The Kier molecular flexibility index (Phi) is 6.61. The number of ether oxygens (including phenoxy) is 2. The fraction of sp³-hybridized carbons (Fsp3) is 0.190. The number of likely N-dealkylation sites (N-methyl/N-ethyl adjacent to an activating group) is 1. The lowest BCUT2D eigenvalue weighted by atomic mass is 10.2. The second-order valence-corrected chi connectivity index (χ2v) is 7.45. The Morgan fingerprint density at radius 1 is 1.24 bits per heavy atom. The minimum Gasteiger partial charge on any atom is -0.495 e. The van der Waals surface area contributed by atoms with Gasteiger partial charge >= 0.3 is 5.97 Å². The SMILES string of the molecule is CCOC(=O)c1ccc(N=C2S/C(=C\c3ccc(OC)c(Cl)c3)C(=O)N2C)cc1. The van der Waals surface area contributed by atoms with Crippen molar-refractivity contribution in [1.29, 1.82) is 0 Å². The lowest BCUT2D eigenvalue weighted by Gasteiger charge is -2.07. The minimum absolute atomic E-state index is 0.149. The Balaban J connectivity index is 1.81. The average Bonchev–Trinajstić information content (AvgIpc) is 2.97. The Labute approximate surface area is 178 Å². The number of hydrogen-bond acceptors (Lipinski definition) is 6. The highest BCUT2D eigenvalue weighted by Crippen LogP contribution is 2.34. The van der Waals surface area contributed by atoms with Gasteiger partial charge in [-0.15, -0.1) is 0 Å². The lowest BCUT2D eigenvalue weighted by Crippen LogP contribution is -2.23. The molecule has 8 heteroatoms. The van der Waals surface area contributed by atoms with E-state index in [0.29, 0.717) is 38.7 Å². The van der Waals surface area contributed by atoms with Gasteiger partial charge in [-0.2, -0.15) is 0 Å². The van der Waals surface area contributed by atoms with E-state index in [9.17, 15) is 9.59 Å². The Morgan fingerprint density at radius 3 is 2.59 bits per heavy atom. The maximum atomic E-state index is 12.6. The average molecular weight is 431 g/mol. The van der Waals surface area contributed by atoms with Gasteiger partial charge in [0.1, 0.15) is 5.75 Å². The number of carbonyl (C=O) groups excluding carboxylic acids is 2. The Morgan fingerprint density at radius 2 is 1.97 bits per heavy atom. The van der Waals surface area contributed by atoms with Gasteiger partial charge in [0.05, 0.1) is 34.9 Å². The van der Waals surface area contributed by atoms with E-state index in [-0.39, 0.29) is 11.9 Å². The van der Waals surface area contributed by atoms with Crippen LogP contribution in [0.15, 0.2) is 52.4 Å². The van der Waals surface area contributed by atoms with Gasteiger partial charge in [0.15, 0.2) is 5.17 Å². The van der Waals surface area contributed by atoms with Gasteiger partial charge in [0.2, 0.25) is 0 Å². The first-order chi connectivity index (χ1) is 13.9. The molecule has 0 aromatic heterocycles. The van der Waals surface area contributed by atoms with Crippen LogP contribution in [0.25, 0.3) is 6.08 Å². The number of benzene rings is 2. The first-order valence-corrected chi connectivity index (χ1v) is 9.99. The van der Waals surface area contributed by atoms with Crippen molar-refractivity contribution in [3.63, 3.8) is 0 Å². The Bertz CT molecular complexity index is 1000. The van der Waals surface area contributed by atoms with Crippen molar-refractivity contribution in [2.45, 2.75) is 6.92 Å². The topological polar surface area (TPSA) is 68.2 Å². The van der Waals surface area contributed by atoms with E-state index in [1.165, 1.54) is 16.7 Å². The molecule has 0 aliphatic carbocycles. The molecule has 0 saturated carbocycles. The van der Waals surface area contributed by atoms with Gasteiger partial charge in [-0.25, -0.2) is 9.79 Å². The van der Waals surface area contributed by atoms with Crippen LogP contribution in [0.1, 0.15) is 22.8 Å². The van der Waals surface area contributed by atoms with Crippen molar-refractivity contribution >= 4 is 52.2 Å². The van der Waals surface area contributed by atoms with Crippen molar-refractivity contribution < 1.29 is 19.1 Å². The van der Waals surface area contributed by atoms with E-state index >= 15 is 0 Å². The molecule has 0 radical (unpaired) electrons. The molecule has 1 aliphatic rings. The fourth-order valence-electron chi connectivity index (χ4n) is 2.57. The molecule has 3 rings (SSSR count). The summed E-state index contributed by atoms with van der Waals surface area (Å²) in [6, 6.07) is 12.0. The molecule has 0 unspecified atom stereocenters. The summed E-state index contributed by atoms with van der Waals surface area (Å²) in [4.78, 5) is 30.9. The van der Waals surface area contributed by atoms with Crippen LogP contribution >= 0.6 is 23.4 Å². The fourth-order valence-corrected chi connectivity index (χ4v) is 3.83. The molecule has 0 atom stereocenters. The smallest absolute Gasteiger partial charge is 0.338 e. The molecular formula is C21H19ClN2O4S. The maximum Gasteiger partial charge on any atom is 0.338 e. The van der Waals surface area contributed by atoms with Crippen LogP contribution in [0.3, 0.4) is 0 Å². The Hall–Kier alpha value is -2.77. The summed E-state index contributed by atoms with van der Waals surface area (Å²) < 4.78 is 10.1. The standard InChI is InChI=1S/C21H19ClN2O4S/c1-4-28-20(26)14-6-8-15(9-7-14)23-21-24(2)19(25)18(29-21)12-13-5-10-17(27-3)16(22)11-13/h5-12H,4H2,1-3H3/b18-12-,23-21?. The second kappa shape index (κ2) is 9.15. The van der Waals surface area contributed by atoms with Gasteiger partial charge in [-0.05, 0) is 66.7 Å². The number of thioether (sulfide) groups is 1. The molecular weight excluding hydrogens is 412 g/mol. The zero-order valence-electron chi connectivity index (χ0n) is 16.1. The number of esters is 1. The third-order valence-electron chi connectivity index (χ3n) is 4.08. The van der Waals surface area contributed by atoms with Crippen molar-refractivity contribution in [1.82, 2.24) is 4.90 Å². The quantitative estimate of drug-likeness (QED) is 0.505. The number of carbonyl (C=O) groups is 2. The molecule has 29 heavy (non-hydrogen) atoms. The lowest BCUT2D eigenvalue weighted by molar-refractivity contribution is -0.121. The van der Waals surface area contributed by atoms with Crippen LogP contribution in [0.5, 0.6) is 5.75 Å². The number of amidine groups is 1. The number of rotatable bonds is 5. The van der Waals surface area contributed by atoms with E-state index in [2.05, 4.69) is 4.99 Å². The zero-order chi connectivity index (χ0) is 21.0. The van der Waals surface area contributed by atoms with E-state index in [1.807, 2.05) is 6.07 Å². The normalized spacial score (nSPS) is 16.6. The van der Waals surface area contributed by atoms with Crippen LogP contribution in [0.4, 0.5) is 5.69 Å². The number of aliphatic imine (C=N–C) groups is 1. The predicted octanol–water partition coefficient (Wildman–Crippen LogP) is 4.76.